The minimum Gasteiger partial charge on any atom is -0.302 e. The minimum absolute atomic E-state index is 0.0374. The topological polar surface area (TPSA) is 93.2 Å². The second-order valence-corrected chi connectivity index (χ2v) is 10.0. The molecule has 6 nitrogen and oxygen atoms in total. The molecule has 156 valence electrons. The molecule has 1 aromatic heterocycles. The summed E-state index contributed by atoms with van der Waals surface area (Å²) in [6.45, 7) is 1.46. The number of carbonyl (C=O) groups is 2. The molecule has 0 saturated carbocycles. The van der Waals surface area contributed by atoms with Crippen molar-refractivity contribution >= 4 is 38.0 Å². The molecule has 0 unspecified atom stereocenters. The van der Waals surface area contributed by atoms with Gasteiger partial charge >= 0.3 is 0 Å². The van der Waals surface area contributed by atoms with Gasteiger partial charge < -0.3 is 5.32 Å². The van der Waals surface area contributed by atoms with E-state index < -0.39 is 9.84 Å². The number of amides is 1. The molecule has 3 rings (SSSR count). The fraction of sp³-hybridized carbons (Fsp3) is 0.227. The smallest absolute Gasteiger partial charge is 0.226 e. The number of thiazole rings is 1. The molecule has 2 aromatic carbocycles. The lowest BCUT2D eigenvalue weighted by Gasteiger charge is -2.05. The van der Waals surface area contributed by atoms with Crippen LogP contribution in [-0.2, 0) is 20.4 Å². The molecule has 1 N–H and O–H groups in total. The zero-order valence-electron chi connectivity index (χ0n) is 16.5. The van der Waals surface area contributed by atoms with Gasteiger partial charge in [0.1, 0.15) is 0 Å². The van der Waals surface area contributed by atoms with Crippen LogP contribution in [-0.4, -0.2) is 30.8 Å². The molecule has 0 aliphatic heterocycles. The summed E-state index contributed by atoms with van der Waals surface area (Å²) in [6, 6.07) is 18.2. The molecule has 0 saturated heterocycles. The van der Waals surface area contributed by atoms with Crippen molar-refractivity contribution in [2.24, 2.45) is 0 Å². The van der Waals surface area contributed by atoms with Crippen molar-refractivity contribution in [3.63, 3.8) is 0 Å². The molecular weight excluding hydrogens is 420 g/mol. The van der Waals surface area contributed by atoms with E-state index in [1.165, 1.54) is 6.92 Å². The van der Waals surface area contributed by atoms with Crippen molar-refractivity contribution in [1.29, 1.82) is 0 Å². The third kappa shape index (κ3) is 6.08. The van der Waals surface area contributed by atoms with Crippen LogP contribution < -0.4 is 5.32 Å². The van der Waals surface area contributed by atoms with E-state index in [9.17, 15) is 18.0 Å². The average Bonchev–Trinajstić information content (AvgIpc) is 3.13. The summed E-state index contributed by atoms with van der Waals surface area (Å²) in [5.74, 6) is -0.557. The van der Waals surface area contributed by atoms with Crippen LogP contribution in [0.3, 0.4) is 0 Å². The zero-order chi connectivity index (χ0) is 21.6. The Bertz CT molecular complexity index is 1120. The van der Waals surface area contributed by atoms with Crippen LogP contribution in [0, 0.1) is 0 Å². The molecule has 0 bridgehead atoms. The number of hydrogen-bond acceptors (Lipinski definition) is 6. The lowest BCUT2D eigenvalue weighted by molar-refractivity contribution is -0.116. The number of Topliss-reactive ketones (excluding diaryl/α,β-unsaturated/α-hetero) is 1. The molecular formula is C22H22N2O4S2. The van der Waals surface area contributed by atoms with Gasteiger partial charge in [0.25, 0.3) is 0 Å². The minimum atomic E-state index is -3.29. The van der Waals surface area contributed by atoms with Crippen LogP contribution in [0.15, 0.2) is 60.7 Å². The Labute approximate surface area is 179 Å². The highest BCUT2D eigenvalue weighted by Gasteiger charge is 2.18. The van der Waals surface area contributed by atoms with Crippen LogP contribution in [0.25, 0.3) is 11.3 Å². The number of carbonyl (C=O) groups excluding carboxylic acids is 2. The molecule has 0 atom stereocenters. The number of benzene rings is 2. The Morgan fingerprint density at radius 2 is 1.63 bits per heavy atom. The Hall–Kier alpha value is -2.84. The molecule has 3 aromatic rings. The van der Waals surface area contributed by atoms with Crippen LogP contribution in [0.2, 0.25) is 0 Å². The fourth-order valence-corrected chi connectivity index (χ4v) is 5.27. The lowest BCUT2D eigenvalue weighted by atomic mass is 10.1. The van der Waals surface area contributed by atoms with Gasteiger partial charge in [-0.15, -0.1) is 0 Å². The second-order valence-electron chi connectivity index (χ2n) is 6.85. The van der Waals surface area contributed by atoms with Gasteiger partial charge in [0.05, 0.1) is 22.1 Å². The highest BCUT2D eigenvalue weighted by atomic mass is 32.2. The van der Waals surface area contributed by atoms with Gasteiger partial charge in [-0.3, -0.25) is 9.59 Å². The second kappa shape index (κ2) is 9.77. The van der Waals surface area contributed by atoms with E-state index in [4.69, 9.17) is 0 Å². The van der Waals surface area contributed by atoms with Gasteiger partial charge in [0.2, 0.25) is 5.91 Å². The van der Waals surface area contributed by atoms with Crippen LogP contribution in [0.4, 0.5) is 5.13 Å². The van der Waals surface area contributed by atoms with Gasteiger partial charge in [-0.1, -0.05) is 72.0 Å². The maximum Gasteiger partial charge on any atom is 0.226 e. The van der Waals surface area contributed by atoms with Gasteiger partial charge in [-0.2, -0.15) is 0 Å². The third-order valence-corrected chi connectivity index (χ3v) is 7.08. The molecule has 0 aliphatic rings. The Balaban J connectivity index is 1.58. The molecule has 0 aliphatic carbocycles. The first-order chi connectivity index (χ1) is 14.3. The van der Waals surface area contributed by atoms with Gasteiger partial charge in [-0.25, -0.2) is 13.4 Å². The molecule has 0 radical (unpaired) electrons. The van der Waals surface area contributed by atoms with E-state index in [-0.39, 0.29) is 36.0 Å². The van der Waals surface area contributed by atoms with E-state index in [2.05, 4.69) is 10.3 Å². The summed E-state index contributed by atoms with van der Waals surface area (Å²) in [6.07, 6.45) is 0.279. The molecule has 1 amide bonds. The third-order valence-electron chi connectivity index (χ3n) is 4.33. The lowest BCUT2D eigenvalue weighted by Crippen LogP contribution is -2.15. The molecule has 8 heteroatoms. The van der Waals surface area contributed by atoms with E-state index in [1.807, 2.05) is 36.4 Å². The number of nitrogens with zero attached hydrogens (tertiary/aromatic N) is 1. The fourth-order valence-electron chi connectivity index (χ4n) is 2.94. The van der Waals surface area contributed by atoms with E-state index in [1.54, 1.807) is 24.3 Å². The van der Waals surface area contributed by atoms with Crippen molar-refractivity contribution < 1.29 is 18.0 Å². The monoisotopic (exact) mass is 442 g/mol. The van der Waals surface area contributed by atoms with Crippen LogP contribution in [0.1, 0.15) is 35.0 Å². The highest BCUT2D eigenvalue weighted by Crippen LogP contribution is 2.31. The van der Waals surface area contributed by atoms with E-state index >= 15 is 0 Å². The summed E-state index contributed by atoms with van der Waals surface area (Å²) >= 11 is 1.12. The number of hydrogen-bond donors (Lipinski definition) is 1. The number of ketones is 1. The zero-order valence-corrected chi connectivity index (χ0v) is 18.1. The first-order valence-corrected chi connectivity index (χ1v) is 12.1. The van der Waals surface area contributed by atoms with Crippen molar-refractivity contribution in [2.75, 3.05) is 11.1 Å². The molecule has 0 spiro atoms. The van der Waals surface area contributed by atoms with Gasteiger partial charge in [-0.05, 0) is 12.0 Å². The highest BCUT2D eigenvalue weighted by molar-refractivity contribution is 7.90. The number of rotatable bonds is 9. The van der Waals surface area contributed by atoms with Gasteiger partial charge in [0.15, 0.2) is 20.8 Å². The number of aromatic nitrogens is 1. The van der Waals surface area contributed by atoms with Gasteiger partial charge in [0, 0.05) is 18.9 Å². The largest absolute Gasteiger partial charge is 0.302 e. The normalized spacial score (nSPS) is 11.2. The molecule has 1 heterocycles. The van der Waals surface area contributed by atoms with Crippen LogP contribution >= 0.6 is 11.3 Å². The number of nitrogens with one attached hydrogen (secondary N) is 1. The summed E-state index contributed by atoms with van der Waals surface area (Å²) in [7, 11) is -3.29. The molecule has 30 heavy (non-hydrogen) atoms. The number of anilines is 1. The summed E-state index contributed by atoms with van der Waals surface area (Å²) in [4.78, 5) is 29.1. The first-order valence-electron chi connectivity index (χ1n) is 9.45. The maximum absolute atomic E-state index is 12.3. The Morgan fingerprint density at radius 1 is 1.00 bits per heavy atom. The van der Waals surface area contributed by atoms with Crippen molar-refractivity contribution in [3.8, 4) is 11.3 Å². The predicted octanol–water partition coefficient (Wildman–Crippen LogP) is 4.35. The van der Waals surface area contributed by atoms with Crippen LogP contribution in [0.5, 0.6) is 0 Å². The Kier molecular flexibility index (Phi) is 7.12. The first kappa shape index (κ1) is 21.9. The molecule has 0 fully saturated rings. The number of sulfone groups is 1. The van der Waals surface area contributed by atoms with E-state index in [0.717, 1.165) is 22.5 Å². The summed E-state index contributed by atoms with van der Waals surface area (Å²) < 4.78 is 24.5. The van der Waals surface area contributed by atoms with E-state index in [0.29, 0.717) is 15.7 Å². The Morgan fingerprint density at radius 3 is 2.27 bits per heavy atom. The predicted molar refractivity (Wildman–Crippen MR) is 119 cm³/mol. The average molecular weight is 443 g/mol. The van der Waals surface area contributed by atoms with Crippen molar-refractivity contribution in [2.45, 2.75) is 25.5 Å². The summed E-state index contributed by atoms with van der Waals surface area (Å²) in [5.41, 5.74) is 2.07. The van der Waals surface area contributed by atoms with Crippen molar-refractivity contribution in [1.82, 2.24) is 4.98 Å². The maximum atomic E-state index is 12.3. The SMILES string of the molecule is CC(=O)c1sc(NC(=O)CCCS(=O)(=O)Cc2ccccc2)nc1-c1ccccc1. The summed E-state index contributed by atoms with van der Waals surface area (Å²) in [5, 5.41) is 3.01. The standard InChI is InChI=1S/C22H22N2O4S2/c1-16(25)21-20(18-11-6-3-7-12-18)24-22(29-21)23-19(26)13-8-14-30(27,28)15-17-9-4-2-5-10-17/h2-7,9-12H,8,13-15H2,1H3,(H,23,24,26). The van der Waals surface area contributed by atoms with Crippen molar-refractivity contribution in [3.05, 3.63) is 71.1 Å². The quantitative estimate of drug-likeness (QED) is 0.498.